The van der Waals surface area contributed by atoms with Crippen molar-refractivity contribution in [1.82, 2.24) is 0 Å². The molecule has 9 heteroatoms. The van der Waals surface area contributed by atoms with Crippen LogP contribution in [0.4, 0.5) is 10.5 Å². The highest BCUT2D eigenvalue weighted by molar-refractivity contribution is 7.78. The molecule has 186 valence electrons. The second-order valence-electron chi connectivity index (χ2n) is 9.68. The van der Waals surface area contributed by atoms with Crippen molar-refractivity contribution < 1.29 is 23.9 Å². The van der Waals surface area contributed by atoms with Crippen molar-refractivity contribution >= 4 is 52.6 Å². The lowest BCUT2D eigenvalue weighted by Gasteiger charge is -2.38. The van der Waals surface area contributed by atoms with Crippen molar-refractivity contribution in [3.05, 3.63) is 76.8 Å². The topological polar surface area (TPSA) is 85.3 Å². The molecule has 1 heterocycles. The number of halogens is 1. The van der Waals surface area contributed by atoms with Crippen LogP contribution in [0, 0.1) is 5.92 Å². The third kappa shape index (κ3) is 4.85. The molecule has 2 amide bonds. The van der Waals surface area contributed by atoms with E-state index in [9.17, 15) is 14.4 Å². The Balaban J connectivity index is 1.79. The molecular formula is C27H25ClN2O5S. The second-order valence-corrected chi connectivity index (χ2v) is 10.3. The number of anilines is 1. The van der Waals surface area contributed by atoms with Gasteiger partial charge in [-0.3, -0.25) is 9.59 Å². The molecule has 4 rings (SSSR count). The van der Waals surface area contributed by atoms with Gasteiger partial charge < -0.3 is 9.47 Å². The average Bonchev–Trinajstić information content (AvgIpc) is 3.06. The maximum atomic E-state index is 14.1. The van der Waals surface area contributed by atoms with Crippen LogP contribution < -0.4 is 4.90 Å². The third-order valence-corrected chi connectivity index (χ3v) is 6.45. The van der Waals surface area contributed by atoms with Crippen molar-refractivity contribution in [1.29, 1.82) is 0 Å². The van der Waals surface area contributed by atoms with E-state index in [-0.39, 0.29) is 13.0 Å². The van der Waals surface area contributed by atoms with E-state index >= 15 is 0 Å². The maximum absolute atomic E-state index is 14.1. The summed E-state index contributed by atoms with van der Waals surface area (Å²) in [6.45, 7) is 5.22. The summed E-state index contributed by atoms with van der Waals surface area (Å²) >= 11 is 11.1. The summed E-state index contributed by atoms with van der Waals surface area (Å²) in [5.41, 5.74) is -0.823. The number of esters is 1. The van der Waals surface area contributed by atoms with Gasteiger partial charge in [-0.25, -0.2) is 14.7 Å². The van der Waals surface area contributed by atoms with Crippen LogP contribution in [0.3, 0.4) is 0 Å². The molecule has 1 aliphatic heterocycles. The molecule has 2 aromatic carbocycles. The van der Waals surface area contributed by atoms with Crippen LogP contribution in [0.15, 0.2) is 65.7 Å². The molecule has 0 radical (unpaired) electrons. The Kier molecular flexibility index (Phi) is 7.14. The highest BCUT2D eigenvalue weighted by Gasteiger charge is 2.60. The number of isothiocyanates is 1. The van der Waals surface area contributed by atoms with Gasteiger partial charge in [0.1, 0.15) is 17.6 Å². The third-order valence-electron chi connectivity index (χ3n) is 6.11. The number of thiocarbonyl (C=S) groups is 1. The van der Waals surface area contributed by atoms with Crippen LogP contribution in [-0.4, -0.2) is 34.8 Å². The lowest BCUT2D eigenvalue weighted by molar-refractivity contribution is -0.164. The summed E-state index contributed by atoms with van der Waals surface area (Å²) in [6, 6.07) is 13.4. The molecule has 7 nitrogen and oxygen atoms in total. The Morgan fingerprint density at radius 3 is 2.61 bits per heavy atom. The number of hydrogen-bond donors (Lipinski definition) is 0. The average molecular weight is 525 g/mol. The SMILES string of the molecule is CC(C)(C)OC(=O)[C@@H]1C[C@@H](N=C=S)C=C[C@@]12C(=O)N(C(=O)OCc1ccccc1)c1ccc(Cl)cc12. The molecular weight excluding hydrogens is 500 g/mol. The minimum atomic E-state index is -1.53. The van der Waals surface area contributed by atoms with Gasteiger partial charge in [-0.15, -0.1) is 0 Å². The molecule has 1 aliphatic carbocycles. The number of aliphatic imine (C=N–C) groups is 1. The summed E-state index contributed by atoms with van der Waals surface area (Å²) in [4.78, 5) is 45.9. The number of ether oxygens (including phenoxy) is 2. The fourth-order valence-corrected chi connectivity index (χ4v) is 4.92. The zero-order chi connectivity index (χ0) is 26.1. The molecule has 2 aliphatic rings. The number of imide groups is 1. The van der Waals surface area contributed by atoms with Crippen LogP contribution in [0.2, 0.25) is 5.02 Å². The van der Waals surface area contributed by atoms with Gasteiger partial charge in [0.25, 0.3) is 5.91 Å². The zero-order valence-electron chi connectivity index (χ0n) is 20.1. The Labute approximate surface area is 219 Å². The summed E-state index contributed by atoms with van der Waals surface area (Å²) in [5, 5.41) is 2.69. The molecule has 0 saturated carbocycles. The summed E-state index contributed by atoms with van der Waals surface area (Å²) in [7, 11) is 0. The largest absolute Gasteiger partial charge is 0.460 e. The molecule has 0 fully saturated rings. The first-order valence-electron chi connectivity index (χ1n) is 11.4. The molecule has 0 unspecified atom stereocenters. The smallest absolute Gasteiger partial charge is 0.421 e. The van der Waals surface area contributed by atoms with Gasteiger partial charge in [0.15, 0.2) is 0 Å². The van der Waals surface area contributed by atoms with Gasteiger partial charge in [0, 0.05) is 5.02 Å². The maximum Gasteiger partial charge on any atom is 0.421 e. The lowest BCUT2D eigenvalue weighted by Crippen LogP contribution is -2.52. The monoisotopic (exact) mass is 524 g/mol. The summed E-state index contributed by atoms with van der Waals surface area (Å²) < 4.78 is 11.2. The van der Waals surface area contributed by atoms with Crippen molar-refractivity contribution in [2.75, 3.05) is 4.90 Å². The lowest BCUT2D eigenvalue weighted by atomic mass is 9.65. The fraction of sp³-hybridized carbons (Fsp3) is 0.333. The molecule has 0 saturated heterocycles. The van der Waals surface area contributed by atoms with Crippen molar-refractivity contribution in [2.45, 2.75) is 50.9 Å². The van der Waals surface area contributed by atoms with E-state index in [1.807, 2.05) is 30.3 Å². The number of hydrogen-bond acceptors (Lipinski definition) is 7. The number of carbonyl (C=O) groups is 3. The molecule has 0 N–H and O–H groups in total. The number of rotatable bonds is 4. The highest BCUT2D eigenvalue weighted by Crippen LogP contribution is 2.52. The minimum absolute atomic E-state index is 0.0177. The van der Waals surface area contributed by atoms with Crippen LogP contribution >= 0.6 is 23.8 Å². The van der Waals surface area contributed by atoms with Gasteiger partial charge in [-0.05, 0) is 68.7 Å². The second kappa shape index (κ2) is 9.97. The Morgan fingerprint density at radius 1 is 1.22 bits per heavy atom. The first-order chi connectivity index (χ1) is 17.1. The number of carbonyl (C=O) groups excluding carboxylic acids is 3. The first-order valence-corrected chi connectivity index (χ1v) is 12.2. The van der Waals surface area contributed by atoms with Crippen molar-refractivity contribution in [2.24, 2.45) is 10.9 Å². The number of amides is 2. The van der Waals surface area contributed by atoms with E-state index < -0.39 is 40.9 Å². The Hall–Kier alpha value is -3.32. The Morgan fingerprint density at radius 2 is 1.94 bits per heavy atom. The predicted octanol–water partition coefficient (Wildman–Crippen LogP) is 5.65. The van der Waals surface area contributed by atoms with Crippen LogP contribution in [0.25, 0.3) is 0 Å². The molecule has 2 aromatic rings. The molecule has 0 bridgehead atoms. The quantitative estimate of drug-likeness (QED) is 0.222. The molecule has 36 heavy (non-hydrogen) atoms. The Bertz CT molecular complexity index is 1280. The van der Waals surface area contributed by atoms with E-state index in [0.29, 0.717) is 16.3 Å². The van der Waals surface area contributed by atoms with Crippen molar-refractivity contribution in [3.8, 4) is 0 Å². The zero-order valence-corrected chi connectivity index (χ0v) is 21.6. The van der Waals surface area contributed by atoms with Gasteiger partial charge in [-0.1, -0.05) is 54.1 Å². The first kappa shape index (κ1) is 25.8. The fourth-order valence-electron chi connectivity index (χ4n) is 4.61. The van der Waals surface area contributed by atoms with Gasteiger partial charge in [0.2, 0.25) is 0 Å². The van der Waals surface area contributed by atoms with E-state index in [2.05, 4.69) is 10.2 Å². The number of nitrogens with zero attached hydrogens (tertiary/aromatic N) is 2. The van der Waals surface area contributed by atoms with E-state index in [4.69, 9.17) is 33.3 Å². The van der Waals surface area contributed by atoms with Crippen LogP contribution in [0.5, 0.6) is 0 Å². The van der Waals surface area contributed by atoms with Crippen LogP contribution in [-0.2, 0) is 31.1 Å². The molecule has 1 spiro atoms. The van der Waals surface area contributed by atoms with Crippen LogP contribution in [0.1, 0.15) is 38.3 Å². The van der Waals surface area contributed by atoms with Crippen molar-refractivity contribution in [3.63, 3.8) is 0 Å². The van der Waals surface area contributed by atoms with E-state index in [1.165, 1.54) is 0 Å². The number of benzene rings is 2. The summed E-state index contributed by atoms with van der Waals surface area (Å²) in [5.74, 6) is -2.19. The standard InChI is InChI=1S/C27H25ClN2O5S/c1-26(2,3)35-23(31)21-14-19(29-16-36)11-12-27(21)20-13-18(28)9-10-22(20)30(24(27)32)25(33)34-15-17-7-5-4-6-8-17/h4-13,19,21H,14-15H2,1-3H3/t19-,21-,27-/m0/s1. The van der Waals surface area contributed by atoms with Gasteiger partial charge >= 0.3 is 12.1 Å². The molecule has 0 aromatic heterocycles. The minimum Gasteiger partial charge on any atom is -0.460 e. The van der Waals surface area contributed by atoms with E-state index in [0.717, 1.165) is 10.5 Å². The van der Waals surface area contributed by atoms with Gasteiger partial charge in [-0.2, -0.15) is 0 Å². The predicted molar refractivity (Wildman–Crippen MR) is 139 cm³/mol. The van der Waals surface area contributed by atoms with Gasteiger partial charge in [0.05, 0.1) is 22.8 Å². The normalized spacial score (nSPS) is 22.7. The number of fused-ring (bicyclic) bond motifs is 2. The van der Waals surface area contributed by atoms with E-state index in [1.54, 1.807) is 51.1 Å². The highest BCUT2D eigenvalue weighted by atomic mass is 35.5. The summed E-state index contributed by atoms with van der Waals surface area (Å²) in [6.07, 6.45) is 2.59. The molecule has 3 atom stereocenters.